The van der Waals surface area contributed by atoms with E-state index in [2.05, 4.69) is 10.2 Å². The number of amides is 1. The van der Waals surface area contributed by atoms with Crippen LogP contribution in [0.1, 0.15) is 23.7 Å². The lowest BCUT2D eigenvalue weighted by Gasteiger charge is -2.22. The normalized spacial score (nSPS) is 14.7. The van der Waals surface area contributed by atoms with Gasteiger partial charge in [0.2, 0.25) is 11.8 Å². The maximum atomic E-state index is 13.1. The number of thioether (sulfide) groups is 1. The van der Waals surface area contributed by atoms with Gasteiger partial charge in [-0.15, -0.1) is 10.2 Å². The third-order valence-corrected chi connectivity index (χ3v) is 5.75. The quantitative estimate of drug-likeness (QED) is 0.342. The van der Waals surface area contributed by atoms with Crippen LogP contribution >= 0.6 is 11.8 Å². The van der Waals surface area contributed by atoms with E-state index < -0.39 is 10.2 Å². The number of aromatic nitrogens is 2. The molecule has 4 rings (SSSR count). The zero-order chi connectivity index (χ0) is 20.2. The first-order chi connectivity index (χ1) is 14.1. The van der Waals surface area contributed by atoms with Crippen molar-refractivity contribution in [2.75, 3.05) is 13.1 Å². The Hall–Kier alpha value is -3.20. The molecule has 8 nitrogen and oxygen atoms in total. The lowest BCUT2D eigenvalue weighted by atomic mass is 10.1. The summed E-state index contributed by atoms with van der Waals surface area (Å²) in [6, 6.07) is 15.5. The van der Waals surface area contributed by atoms with Crippen molar-refractivity contribution in [1.29, 1.82) is 0 Å². The van der Waals surface area contributed by atoms with E-state index in [0.717, 1.165) is 31.5 Å². The minimum atomic E-state index is -0.493. The van der Waals surface area contributed by atoms with Crippen LogP contribution < -0.4 is 0 Å². The Morgan fingerprint density at radius 2 is 1.86 bits per heavy atom. The fraction of sp³-hybridized carbons (Fsp3) is 0.250. The Morgan fingerprint density at radius 1 is 1.10 bits per heavy atom. The number of nitro benzene ring substituents is 1. The molecule has 1 amide bonds. The highest BCUT2D eigenvalue weighted by Crippen LogP contribution is 2.38. The summed E-state index contributed by atoms with van der Waals surface area (Å²) in [7, 11) is 0. The SMILES string of the molecule is O=C([C@H](Sc1nnc(-c2cccc([N+](=O)[O-])c2)o1)c1ccccc1)N1CCCC1. The predicted molar refractivity (Wildman–Crippen MR) is 107 cm³/mol. The predicted octanol–water partition coefficient (Wildman–Crippen LogP) is 4.10. The van der Waals surface area contributed by atoms with Crippen LogP contribution in [0.5, 0.6) is 0 Å². The molecule has 0 radical (unpaired) electrons. The Bertz CT molecular complexity index is 1020. The largest absolute Gasteiger partial charge is 0.411 e. The minimum Gasteiger partial charge on any atom is -0.411 e. The Morgan fingerprint density at radius 3 is 2.59 bits per heavy atom. The van der Waals surface area contributed by atoms with Crippen LogP contribution in [0.3, 0.4) is 0 Å². The highest BCUT2D eigenvalue weighted by Gasteiger charge is 2.30. The second-order valence-electron chi connectivity index (χ2n) is 6.62. The van der Waals surface area contributed by atoms with Gasteiger partial charge in [0.05, 0.1) is 4.92 Å². The topological polar surface area (TPSA) is 102 Å². The van der Waals surface area contributed by atoms with Crippen LogP contribution in [0.15, 0.2) is 64.2 Å². The maximum Gasteiger partial charge on any atom is 0.277 e. The maximum absolute atomic E-state index is 13.1. The van der Waals surface area contributed by atoms with E-state index in [1.54, 1.807) is 12.1 Å². The van der Waals surface area contributed by atoms with Crippen molar-refractivity contribution >= 4 is 23.4 Å². The van der Waals surface area contributed by atoms with Gasteiger partial charge in [0, 0.05) is 30.8 Å². The van der Waals surface area contributed by atoms with Crippen LogP contribution in [0.25, 0.3) is 11.5 Å². The van der Waals surface area contributed by atoms with E-state index in [1.807, 2.05) is 35.2 Å². The van der Waals surface area contributed by atoms with E-state index in [1.165, 1.54) is 23.9 Å². The van der Waals surface area contributed by atoms with Crippen LogP contribution in [0.2, 0.25) is 0 Å². The third kappa shape index (κ3) is 4.29. The Balaban J connectivity index is 1.59. The molecule has 1 fully saturated rings. The number of benzene rings is 2. The molecule has 148 valence electrons. The minimum absolute atomic E-state index is 0.0220. The first-order valence-corrected chi connectivity index (χ1v) is 10.1. The average Bonchev–Trinajstić information content (AvgIpc) is 3.45. The summed E-state index contributed by atoms with van der Waals surface area (Å²) < 4.78 is 5.72. The molecule has 2 aromatic carbocycles. The molecule has 1 aliphatic heterocycles. The highest BCUT2D eigenvalue weighted by molar-refractivity contribution is 8.00. The zero-order valence-corrected chi connectivity index (χ0v) is 16.2. The van der Waals surface area contributed by atoms with Gasteiger partial charge in [-0.1, -0.05) is 36.4 Å². The number of hydrogen-bond acceptors (Lipinski definition) is 7. The van der Waals surface area contributed by atoms with Crippen molar-refractivity contribution in [3.8, 4) is 11.5 Å². The monoisotopic (exact) mass is 410 g/mol. The summed E-state index contributed by atoms with van der Waals surface area (Å²) in [6.45, 7) is 1.51. The molecule has 0 N–H and O–H groups in total. The highest BCUT2D eigenvalue weighted by atomic mass is 32.2. The van der Waals surface area contributed by atoms with Gasteiger partial charge in [-0.05, 0) is 36.2 Å². The number of carbonyl (C=O) groups is 1. The van der Waals surface area contributed by atoms with Crippen molar-refractivity contribution in [2.24, 2.45) is 0 Å². The fourth-order valence-electron chi connectivity index (χ4n) is 3.22. The summed E-state index contributed by atoms with van der Waals surface area (Å²) >= 11 is 1.20. The molecular formula is C20H18N4O4S. The smallest absolute Gasteiger partial charge is 0.277 e. The van der Waals surface area contributed by atoms with Crippen molar-refractivity contribution in [3.05, 3.63) is 70.3 Å². The van der Waals surface area contributed by atoms with E-state index in [9.17, 15) is 14.9 Å². The number of non-ortho nitro benzene ring substituents is 1. The van der Waals surface area contributed by atoms with E-state index in [-0.39, 0.29) is 22.7 Å². The molecule has 1 atom stereocenters. The lowest BCUT2D eigenvalue weighted by molar-refractivity contribution is -0.384. The summed E-state index contributed by atoms with van der Waals surface area (Å²) in [5.74, 6) is 0.199. The van der Waals surface area contributed by atoms with Gasteiger partial charge < -0.3 is 9.32 Å². The van der Waals surface area contributed by atoms with E-state index in [0.29, 0.717) is 5.56 Å². The van der Waals surface area contributed by atoms with E-state index in [4.69, 9.17) is 4.42 Å². The second-order valence-corrected chi connectivity index (χ2v) is 7.68. The molecule has 0 spiro atoms. The summed E-state index contributed by atoms with van der Waals surface area (Å²) in [4.78, 5) is 25.5. The molecule has 29 heavy (non-hydrogen) atoms. The number of nitrogens with zero attached hydrogens (tertiary/aromatic N) is 4. The van der Waals surface area contributed by atoms with Gasteiger partial charge in [0.1, 0.15) is 5.25 Å². The number of carbonyl (C=O) groups excluding carboxylic acids is 1. The van der Waals surface area contributed by atoms with Gasteiger partial charge in [0.25, 0.3) is 10.9 Å². The standard InChI is InChI=1S/C20H18N4O4S/c25-19(23-11-4-5-12-23)17(14-7-2-1-3-8-14)29-20-22-21-18(28-20)15-9-6-10-16(13-15)24(26)27/h1-3,6-10,13,17H,4-5,11-12H2/t17-/m1/s1. The number of rotatable bonds is 6. The van der Waals surface area contributed by atoms with Gasteiger partial charge in [-0.3, -0.25) is 14.9 Å². The fourth-order valence-corrected chi connectivity index (χ4v) is 4.18. The zero-order valence-electron chi connectivity index (χ0n) is 15.4. The molecule has 0 bridgehead atoms. The molecule has 1 aliphatic rings. The number of likely N-dealkylation sites (tertiary alicyclic amines) is 1. The molecule has 0 aliphatic carbocycles. The van der Waals surface area contributed by atoms with Crippen LogP contribution in [0, 0.1) is 10.1 Å². The van der Waals surface area contributed by atoms with Crippen molar-refractivity contribution in [2.45, 2.75) is 23.3 Å². The van der Waals surface area contributed by atoms with Crippen LogP contribution in [-0.2, 0) is 4.79 Å². The summed E-state index contributed by atoms with van der Waals surface area (Å²) in [6.07, 6.45) is 2.02. The van der Waals surface area contributed by atoms with Gasteiger partial charge >= 0.3 is 0 Å². The summed E-state index contributed by atoms with van der Waals surface area (Å²) in [5, 5.41) is 18.8. The molecule has 9 heteroatoms. The molecule has 1 saturated heterocycles. The number of hydrogen-bond donors (Lipinski definition) is 0. The van der Waals surface area contributed by atoms with Crippen LogP contribution in [-0.4, -0.2) is 39.0 Å². The first kappa shape index (κ1) is 19.1. The number of nitro groups is 1. The third-order valence-electron chi connectivity index (χ3n) is 4.67. The molecule has 0 saturated carbocycles. The molecule has 0 unspecified atom stereocenters. The first-order valence-electron chi connectivity index (χ1n) is 9.20. The van der Waals surface area contributed by atoms with Gasteiger partial charge in [-0.25, -0.2) is 0 Å². The van der Waals surface area contributed by atoms with Gasteiger partial charge in [0.15, 0.2) is 0 Å². The van der Waals surface area contributed by atoms with Crippen molar-refractivity contribution < 1.29 is 14.1 Å². The second kappa shape index (κ2) is 8.44. The van der Waals surface area contributed by atoms with Crippen molar-refractivity contribution in [3.63, 3.8) is 0 Å². The Kier molecular flexibility index (Phi) is 5.57. The molecular weight excluding hydrogens is 392 g/mol. The molecule has 2 heterocycles. The summed E-state index contributed by atoms with van der Waals surface area (Å²) in [5.41, 5.74) is 1.27. The van der Waals surface area contributed by atoms with Crippen LogP contribution in [0.4, 0.5) is 5.69 Å². The van der Waals surface area contributed by atoms with Crippen molar-refractivity contribution in [1.82, 2.24) is 15.1 Å². The average molecular weight is 410 g/mol. The molecule has 3 aromatic rings. The van der Waals surface area contributed by atoms with Gasteiger partial charge in [-0.2, -0.15) is 0 Å². The van der Waals surface area contributed by atoms with E-state index >= 15 is 0 Å². The molecule has 1 aromatic heterocycles. The Labute approximate surface area is 171 Å². The lowest BCUT2D eigenvalue weighted by Crippen LogP contribution is -2.31.